The molecule has 1 unspecified atom stereocenters. The summed E-state index contributed by atoms with van der Waals surface area (Å²) >= 11 is 0. The Hall–Kier alpha value is -2.12. The van der Waals surface area contributed by atoms with Crippen LogP contribution in [-0.4, -0.2) is 22.7 Å². The molecule has 1 heterocycles. The topological polar surface area (TPSA) is 68.9 Å². The molecule has 0 bridgehead atoms. The summed E-state index contributed by atoms with van der Waals surface area (Å²) in [6.07, 6.45) is -0.459. The van der Waals surface area contributed by atoms with Gasteiger partial charge in [0.15, 0.2) is 0 Å². The molecule has 4 nitrogen and oxygen atoms in total. The maximum atomic E-state index is 9.79. The first-order valence-electron chi connectivity index (χ1n) is 6.33. The number of nitrogens with one attached hydrogen (secondary N) is 1. The highest BCUT2D eigenvalue weighted by Crippen LogP contribution is 2.19. The number of para-hydroxylation sites is 1. The number of aliphatic hydroxyl groups excluding tert-OH is 1. The highest BCUT2D eigenvalue weighted by Gasteiger charge is 2.11. The van der Waals surface area contributed by atoms with E-state index in [2.05, 4.69) is 16.4 Å². The molecule has 2 N–H and O–H groups in total. The molecule has 4 heteroatoms. The molecule has 1 aromatic carbocycles. The zero-order valence-electron chi connectivity index (χ0n) is 11.1. The average Bonchev–Trinajstić information content (AvgIpc) is 2.43. The van der Waals surface area contributed by atoms with Crippen molar-refractivity contribution in [3.63, 3.8) is 0 Å². The predicted octanol–water partition coefficient (Wildman–Crippen LogP) is 2.54. The molecule has 0 spiro atoms. The maximum Gasteiger partial charge on any atom is 0.144 e. The van der Waals surface area contributed by atoms with Crippen molar-refractivity contribution in [2.24, 2.45) is 5.92 Å². The number of anilines is 1. The van der Waals surface area contributed by atoms with Gasteiger partial charge in [0.05, 0.1) is 17.2 Å². The van der Waals surface area contributed by atoms with Gasteiger partial charge in [0.2, 0.25) is 0 Å². The molecule has 0 fully saturated rings. The van der Waals surface area contributed by atoms with Crippen LogP contribution in [0.25, 0.3) is 10.9 Å². The number of nitriles is 1. The van der Waals surface area contributed by atoms with E-state index in [1.807, 2.05) is 44.2 Å². The van der Waals surface area contributed by atoms with Gasteiger partial charge < -0.3 is 10.4 Å². The number of hydrogen-bond donors (Lipinski definition) is 2. The molecule has 1 atom stereocenters. The van der Waals surface area contributed by atoms with Gasteiger partial charge in [-0.15, -0.1) is 0 Å². The van der Waals surface area contributed by atoms with E-state index in [0.29, 0.717) is 17.9 Å². The van der Waals surface area contributed by atoms with Crippen molar-refractivity contribution in [1.29, 1.82) is 5.26 Å². The molecule has 0 aliphatic carbocycles. The van der Waals surface area contributed by atoms with E-state index < -0.39 is 6.10 Å². The van der Waals surface area contributed by atoms with E-state index in [1.165, 1.54) is 0 Å². The van der Waals surface area contributed by atoms with Gasteiger partial charge in [-0.25, -0.2) is 4.98 Å². The van der Waals surface area contributed by atoms with Gasteiger partial charge in [0.1, 0.15) is 11.9 Å². The van der Waals surface area contributed by atoms with Crippen molar-refractivity contribution < 1.29 is 5.11 Å². The van der Waals surface area contributed by atoms with Gasteiger partial charge in [-0.05, 0) is 18.1 Å². The van der Waals surface area contributed by atoms with Crippen LogP contribution in [0, 0.1) is 17.2 Å². The lowest BCUT2D eigenvalue weighted by atomic mass is 10.1. The number of rotatable bonds is 4. The van der Waals surface area contributed by atoms with Crippen LogP contribution in [0.3, 0.4) is 0 Å². The summed E-state index contributed by atoms with van der Waals surface area (Å²) in [4.78, 5) is 4.43. The SMILES string of the molecule is CC(C)C(O)CNc1nc2ccccc2cc1C#N. The smallest absolute Gasteiger partial charge is 0.144 e. The second-order valence-corrected chi connectivity index (χ2v) is 4.88. The van der Waals surface area contributed by atoms with Gasteiger partial charge >= 0.3 is 0 Å². The molecule has 0 amide bonds. The maximum absolute atomic E-state index is 9.79. The van der Waals surface area contributed by atoms with Gasteiger partial charge in [-0.1, -0.05) is 32.0 Å². The van der Waals surface area contributed by atoms with E-state index in [4.69, 9.17) is 5.26 Å². The molecule has 0 aliphatic rings. The molecule has 2 rings (SSSR count). The molecular formula is C15H17N3O. The fourth-order valence-corrected chi connectivity index (χ4v) is 1.77. The normalized spacial score (nSPS) is 12.4. The Morgan fingerprint density at radius 2 is 2.11 bits per heavy atom. The predicted molar refractivity (Wildman–Crippen MR) is 75.8 cm³/mol. The Balaban J connectivity index is 2.29. The summed E-state index contributed by atoms with van der Waals surface area (Å²) < 4.78 is 0. The molecule has 98 valence electrons. The van der Waals surface area contributed by atoms with Gasteiger partial charge in [0.25, 0.3) is 0 Å². The standard InChI is InChI=1S/C15H17N3O/c1-10(2)14(19)9-17-15-12(8-16)7-11-5-3-4-6-13(11)18-15/h3-7,10,14,19H,9H2,1-2H3,(H,17,18). The van der Waals surface area contributed by atoms with Crippen molar-refractivity contribution in [2.45, 2.75) is 20.0 Å². The third kappa shape index (κ3) is 3.01. The largest absolute Gasteiger partial charge is 0.391 e. The van der Waals surface area contributed by atoms with Crippen LogP contribution in [0.1, 0.15) is 19.4 Å². The summed E-state index contributed by atoms with van der Waals surface area (Å²) in [6.45, 7) is 4.29. The summed E-state index contributed by atoms with van der Waals surface area (Å²) in [6, 6.07) is 11.6. The van der Waals surface area contributed by atoms with Gasteiger partial charge in [-0.2, -0.15) is 5.26 Å². The third-order valence-corrected chi connectivity index (χ3v) is 3.09. The van der Waals surface area contributed by atoms with Crippen LogP contribution in [-0.2, 0) is 0 Å². The molecule has 2 aromatic rings. The minimum Gasteiger partial charge on any atom is -0.391 e. The summed E-state index contributed by atoms with van der Waals surface area (Å²) in [5, 5.41) is 22.9. The number of hydrogen-bond acceptors (Lipinski definition) is 4. The number of aromatic nitrogens is 1. The minimum absolute atomic E-state index is 0.165. The van der Waals surface area contributed by atoms with Gasteiger partial charge in [0, 0.05) is 11.9 Å². The summed E-state index contributed by atoms with van der Waals surface area (Å²) in [5.74, 6) is 0.694. The molecule has 0 radical (unpaired) electrons. The monoisotopic (exact) mass is 255 g/mol. The average molecular weight is 255 g/mol. The number of pyridine rings is 1. The molecule has 0 saturated carbocycles. The summed E-state index contributed by atoms with van der Waals surface area (Å²) in [5.41, 5.74) is 1.33. The van der Waals surface area contributed by atoms with E-state index in [1.54, 1.807) is 0 Å². The number of aliphatic hydroxyl groups is 1. The zero-order chi connectivity index (χ0) is 13.8. The molecule has 0 saturated heterocycles. The molecule has 0 aliphatic heterocycles. The quantitative estimate of drug-likeness (QED) is 0.880. The van der Waals surface area contributed by atoms with E-state index in [-0.39, 0.29) is 5.92 Å². The third-order valence-electron chi connectivity index (χ3n) is 3.09. The van der Waals surface area contributed by atoms with Crippen molar-refractivity contribution in [3.8, 4) is 6.07 Å². The van der Waals surface area contributed by atoms with Crippen LogP contribution < -0.4 is 5.32 Å². The Morgan fingerprint density at radius 3 is 2.79 bits per heavy atom. The number of fused-ring (bicyclic) bond motifs is 1. The minimum atomic E-state index is -0.459. The molecular weight excluding hydrogens is 238 g/mol. The second kappa shape index (κ2) is 5.68. The first-order chi connectivity index (χ1) is 9.11. The first-order valence-corrected chi connectivity index (χ1v) is 6.33. The highest BCUT2D eigenvalue weighted by atomic mass is 16.3. The fourth-order valence-electron chi connectivity index (χ4n) is 1.77. The molecule has 1 aromatic heterocycles. The highest BCUT2D eigenvalue weighted by molar-refractivity contribution is 5.82. The van der Waals surface area contributed by atoms with Crippen molar-refractivity contribution in [1.82, 2.24) is 4.98 Å². The lowest BCUT2D eigenvalue weighted by Crippen LogP contribution is -2.25. The van der Waals surface area contributed by atoms with Crippen molar-refractivity contribution in [2.75, 3.05) is 11.9 Å². The fraction of sp³-hybridized carbons (Fsp3) is 0.333. The Labute approximate surface area is 112 Å². The van der Waals surface area contributed by atoms with Crippen LogP contribution in [0.5, 0.6) is 0 Å². The van der Waals surface area contributed by atoms with Crippen molar-refractivity contribution >= 4 is 16.7 Å². The van der Waals surface area contributed by atoms with E-state index >= 15 is 0 Å². The Kier molecular flexibility index (Phi) is 3.98. The lowest BCUT2D eigenvalue weighted by molar-refractivity contribution is 0.138. The van der Waals surface area contributed by atoms with E-state index in [0.717, 1.165) is 10.9 Å². The van der Waals surface area contributed by atoms with Crippen molar-refractivity contribution in [3.05, 3.63) is 35.9 Å². The van der Waals surface area contributed by atoms with Crippen LogP contribution >= 0.6 is 0 Å². The lowest BCUT2D eigenvalue weighted by Gasteiger charge is -2.16. The number of benzene rings is 1. The summed E-state index contributed by atoms with van der Waals surface area (Å²) in [7, 11) is 0. The van der Waals surface area contributed by atoms with Crippen LogP contribution in [0.15, 0.2) is 30.3 Å². The van der Waals surface area contributed by atoms with Crippen LogP contribution in [0.4, 0.5) is 5.82 Å². The van der Waals surface area contributed by atoms with Crippen LogP contribution in [0.2, 0.25) is 0 Å². The Morgan fingerprint density at radius 1 is 1.37 bits per heavy atom. The molecule has 19 heavy (non-hydrogen) atoms. The Bertz CT molecular complexity index is 616. The zero-order valence-corrected chi connectivity index (χ0v) is 11.1. The van der Waals surface area contributed by atoms with E-state index in [9.17, 15) is 5.11 Å². The van der Waals surface area contributed by atoms with Gasteiger partial charge in [-0.3, -0.25) is 0 Å². The first kappa shape index (κ1) is 13.3. The number of nitrogens with zero attached hydrogens (tertiary/aromatic N) is 2. The second-order valence-electron chi connectivity index (χ2n) is 4.88.